The second-order valence-corrected chi connectivity index (χ2v) is 9.03. The summed E-state index contributed by atoms with van der Waals surface area (Å²) < 4.78 is 82.4. The average molecular weight is 533 g/mol. The summed E-state index contributed by atoms with van der Waals surface area (Å²) in [6.07, 6.45) is -4.42. The molecule has 0 bridgehead atoms. The minimum atomic E-state index is -4.66. The third-order valence-corrected chi connectivity index (χ3v) is 6.73. The lowest BCUT2D eigenvalue weighted by molar-refractivity contribution is -0.138. The van der Waals surface area contributed by atoms with Crippen molar-refractivity contribution in [3.05, 3.63) is 93.8 Å². The highest BCUT2D eigenvalue weighted by Gasteiger charge is 2.36. The molecule has 0 atom stereocenters. The number of pyridine rings is 2. The third-order valence-electron chi connectivity index (χ3n) is 6.73. The van der Waals surface area contributed by atoms with Gasteiger partial charge in [0.1, 0.15) is 5.52 Å². The van der Waals surface area contributed by atoms with E-state index in [0.717, 1.165) is 16.7 Å². The first-order chi connectivity index (χ1) is 18.0. The van der Waals surface area contributed by atoms with Crippen molar-refractivity contribution in [3.63, 3.8) is 0 Å². The first-order valence-electron chi connectivity index (χ1n) is 11.8. The zero-order chi connectivity index (χ0) is 27.1. The predicted octanol–water partition coefficient (Wildman–Crippen LogP) is 5.66. The number of piperidine rings is 1. The van der Waals surface area contributed by atoms with Gasteiger partial charge in [0.05, 0.1) is 23.4 Å². The van der Waals surface area contributed by atoms with Gasteiger partial charge in [-0.15, -0.1) is 0 Å². The van der Waals surface area contributed by atoms with Crippen molar-refractivity contribution in [1.82, 2.24) is 19.5 Å². The minimum absolute atomic E-state index is 0.0788. The normalized spacial score (nSPS) is 15.3. The molecule has 38 heavy (non-hydrogen) atoms. The number of benzene rings is 1. The first-order valence-corrected chi connectivity index (χ1v) is 11.8. The summed E-state index contributed by atoms with van der Waals surface area (Å²) in [6, 6.07) is 9.00. The van der Waals surface area contributed by atoms with Crippen molar-refractivity contribution in [2.75, 3.05) is 18.0 Å². The number of halogens is 6. The number of rotatable bonds is 4. The zero-order valence-corrected chi connectivity index (χ0v) is 19.8. The van der Waals surface area contributed by atoms with Crippen molar-refractivity contribution >= 4 is 16.9 Å². The Morgan fingerprint density at radius 1 is 0.816 bits per heavy atom. The number of hydrogen-bond donors (Lipinski definition) is 0. The maximum absolute atomic E-state index is 13.6. The van der Waals surface area contributed by atoms with E-state index in [4.69, 9.17) is 0 Å². The standard InChI is InChI=1S/C26H21F6N5O/c27-25(28,29)18-5-3-9-33-21(18)15-37-23-20(34-10-11-35-23)14-17(24(37)38)16-7-12-36(13-8-16)22-6-2-1-4-19(22)26(30,31)32/h1-6,9-11,14,16H,7-8,12-13,15H2. The van der Waals surface area contributed by atoms with E-state index in [0.29, 0.717) is 23.9 Å². The zero-order valence-electron chi connectivity index (χ0n) is 19.8. The molecule has 0 amide bonds. The maximum Gasteiger partial charge on any atom is 0.418 e. The molecule has 0 aliphatic carbocycles. The van der Waals surface area contributed by atoms with Crippen LogP contribution >= 0.6 is 0 Å². The third kappa shape index (κ3) is 4.94. The van der Waals surface area contributed by atoms with Crippen LogP contribution in [0.2, 0.25) is 0 Å². The largest absolute Gasteiger partial charge is 0.418 e. The van der Waals surface area contributed by atoms with Crippen molar-refractivity contribution in [3.8, 4) is 0 Å². The fourth-order valence-electron chi connectivity index (χ4n) is 4.94. The van der Waals surface area contributed by atoms with E-state index >= 15 is 0 Å². The summed E-state index contributed by atoms with van der Waals surface area (Å²) in [4.78, 5) is 27.6. The number of nitrogens with zero attached hydrogens (tertiary/aromatic N) is 5. The van der Waals surface area contributed by atoms with Crippen LogP contribution in [0.25, 0.3) is 11.2 Å². The van der Waals surface area contributed by atoms with E-state index in [1.807, 2.05) is 0 Å². The van der Waals surface area contributed by atoms with Gasteiger partial charge >= 0.3 is 12.4 Å². The molecular formula is C26H21F6N5O. The lowest BCUT2D eigenvalue weighted by Gasteiger charge is -2.35. The van der Waals surface area contributed by atoms with E-state index in [-0.39, 0.29) is 36.0 Å². The fourth-order valence-corrected chi connectivity index (χ4v) is 4.94. The van der Waals surface area contributed by atoms with Gasteiger partial charge in [-0.25, -0.2) is 4.98 Å². The van der Waals surface area contributed by atoms with Crippen LogP contribution in [0.5, 0.6) is 0 Å². The second-order valence-electron chi connectivity index (χ2n) is 9.03. The molecule has 198 valence electrons. The fraction of sp³-hybridized carbons (Fsp3) is 0.308. The van der Waals surface area contributed by atoms with E-state index in [1.54, 1.807) is 17.0 Å². The molecular weight excluding hydrogens is 512 g/mol. The first kappa shape index (κ1) is 25.7. The lowest BCUT2D eigenvalue weighted by Crippen LogP contribution is -2.36. The van der Waals surface area contributed by atoms with Crippen molar-refractivity contribution in [2.24, 2.45) is 0 Å². The average Bonchev–Trinajstić information content (AvgIpc) is 2.89. The quantitative estimate of drug-likeness (QED) is 0.317. The molecule has 0 saturated carbocycles. The Balaban J connectivity index is 1.49. The molecule has 1 aromatic carbocycles. The van der Waals surface area contributed by atoms with Gasteiger partial charge in [-0.05, 0) is 49.1 Å². The minimum Gasteiger partial charge on any atom is -0.371 e. The van der Waals surface area contributed by atoms with Gasteiger partial charge in [0.15, 0.2) is 5.65 Å². The van der Waals surface area contributed by atoms with Gasteiger partial charge in [-0.2, -0.15) is 26.3 Å². The Morgan fingerprint density at radius 3 is 2.18 bits per heavy atom. The van der Waals surface area contributed by atoms with E-state index in [1.165, 1.54) is 36.8 Å². The molecule has 4 heterocycles. The summed E-state index contributed by atoms with van der Waals surface area (Å²) in [5.41, 5.74) is -1.66. The SMILES string of the molecule is O=c1c(C2CCN(c3ccccc3C(F)(F)F)CC2)cc2nccnc2n1Cc1ncccc1C(F)(F)F. The molecule has 6 nitrogen and oxygen atoms in total. The highest BCUT2D eigenvalue weighted by molar-refractivity contribution is 5.71. The van der Waals surface area contributed by atoms with Crippen LogP contribution in [0.1, 0.15) is 41.1 Å². The van der Waals surface area contributed by atoms with Crippen LogP contribution in [0.3, 0.4) is 0 Å². The second kappa shape index (κ2) is 9.73. The molecule has 5 rings (SSSR count). The maximum atomic E-state index is 13.6. The highest BCUT2D eigenvalue weighted by atomic mass is 19.4. The number of hydrogen-bond acceptors (Lipinski definition) is 5. The Labute approximate surface area is 212 Å². The van der Waals surface area contributed by atoms with Gasteiger partial charge in [0, 0.05) is 42.9 Å². The summed E-state index contributed by atoms with van der Waals surface area (Å²) in [7, 11) is 0. The molecule has 0 N–H and O–H groups in total. The lowest BCUT2D eigenvalue weighted by atomic mass is 9.89. The van der Waals surface area contributed by atoms with Crippen LogP contribution in [0, 0.1) is 0 Å². The van der Waals surface area contributed by atoms with Gasteiger partial charge in [-0.3, -0.25) is 19.3 Å². The topological polar surface area (TPSA) is 63.9 Å². The summed E-state index contributed by atoms with van der Waals surface area (Å²) in [5, 5.41) is 0. The van der Waals surface area contributed by atoms with Crippen LogP contribution in [-0.2, 0) is 18.9 Å². The van der Waals surface area contributed by atoms with Crippen LogP contribution in [0.4, 0.5) is 32.0 Å². The monoisotopic (exact) mass is 533 g/mol. The summed E-state index contributed by atoms with van der Waals surface area (Å²) in [5.74, 6) is -0.319. The number of anilines is 1. The van der Waals surface area contributed by atoms with Crippen molar-refractivity contribution in [1.29, 1.82) is 0 Å². The van der Waals surface area contributed by atoms with Gasteiger partial charge in [0.25, 0.3) is 5.56 Å². The van der Waals surface area contributed by atoms with E-state index in [9.17, 15) is 31.1 Å². The van der Waals surface area contributed by atoms with Gasteiger partial charge in [0.2, 0.25) is 0 Å². The number of fused-ring (bicyclic) bond motifs is 1. The molecule has 4 aromatic rings. The number of para-hydroxylation sites is 1. The Kier molecular flexibility index (Phi) is 6.58. The van der Waals surface area contributed by atoms with E-state index < -0.39 is 35.6 Å². The number of aromatic nitrogens is 4. The molecule has 1 saturated heterocycles. The Bertz CT molecular complexity index is 1520. The predicted molar refractivity (Wildman–Crippen MR) is 128 cm³/mol. The molecule has 0 unspecified atom stereocenters. The highest BCUT2D eigenvalue weighted by Crippen LogP contribution is 2.39. The van der Waals surface area contributed by atoms with Crippen LogP contribution < -0.4 is 10.5 Å². The molecule has 0 radical (unpaired) electrons. The molecule has 1 fully saturated rings. The number of alkyl halides is 6. The van der Waals surface area contributed by atoms with Crippen LogP contribution in [-0.4, -0.2) is 32.6 Å². The Morgan fingerprint density at radius 2 is 1.47 bits per heavy atom. The van der Waals surface area contributed by atoms with E-state index in [2.05, 4.69) is 15.0 Å². The van der Waals surface area contributed by atoms with Gasteiger partial charge in [-0.1, -0.05) is 12.1 Å². The molecule has 1 aliphatic rings. The van der Waals surface area contributed by atoms with Crippen LogP contribution in [0.15, 0.2) is 65.8 Å². The van der Waals surface area contributed by atoms with Crippen molar-refractivity contribution < 1.29 is 26.3 Å². The molecule has 12 heteroatoms. The molecule has 0 spiro atoms. The summed E-state index contributed by atoms with van der Waals surface area (Å²) in [6.45, 7) is 0.0810. The van der Waals surface area contributed by atoms with Crippen molar-refractivity contribution in [2.45, 2.75) is 37.7 Å². The smallest absolute Gasteiger partial charge is 0.371 e. The Hall–Kier alpha value is -3.96. The van der Waals surface area contributed by atoms with Gasteiger partial charge < -0.3 is 4.90 Å². The molecule has 3 aromatic heterocycles. The summed E-state index contributed by atoms with van der Waals surface area (Å²) >= 11 is 0. The molecule has 1 aliphatic heterocycles.